The highest BCUT2D eigenvalue weighted by Gasteiger charge is 2.28. The molecule has 1 N–H and O–H groups in total. The molecule has 0 unspecified atom stereocenters. The fourth-order valence-corrected chi connectivity index (χ4v) is 2.96. The maximum absolute atomic E-state index is 11.9. The first kappa shape index (κ1) is 16.8. The van der Waals surface area contributed by atoms with Crippen molar-refractivity contribution in [3.05, 3.63) is 24.3 Å². The van der Waals surface area contributed by atoms with Crippen molar-refractivity contribution >= 4 is 17.7 Å². The lowest BCUT2D eigenvalue weighted by atomic mass is 10.2. The predicted octanol–water partition coefficient (Wildman–Crippen LogP) is 3.14. The third-order valence-corrected chi connectivity index (χ3v) is 4.68. The second-order valence-corrected chi connectivity index (χ2v) is 6.74. The Morgan fingerprint density at radius 2 is 2.12 bits per heavy atom. The van der Waals surface area contributed by atoms with Gasteiger partial charge in [-0.2, -0.15) is 0 Å². The van der Waals surface area contributed by atoms with Crippen LogP contribution in [0, 0.1) is 5.92 Å². The second kappa shape index (κ2) is 7.70. The number of hydrogen-bond donors (Lipinski definition) is 1. The Kier molecular flexibility index (Phi) is 5.40. The van der Waals surface area contributed by atoms with Crippen molar-refractivity contribution in [3.8, 4) is 17.2 Å². The Morgan fingerprint density at radius 3 is 2.79 bits per heavy atom. The van der Waals surface area contributed by atoms with Gasteiger partial charge in [0.1, 0.15) is 5.75 Å². The first-order valence-electron chi connectivity index (χ1n) is 8.14. The number of benzene rings is 1. The summed E-state index contributed by atoms with van der Waals surface area (Å²) in [7, 11) is 0. The highest BCUT2D eigenvalue weighted by molar-refractivity contribution is 7.99. The number of rotatable bonds is 8. The first-order valence-corrected chi connectivity index (χ1v) is 9.13. The zero-order valence-electron chi connectivity index (χ0n) is 13.8. The zero-order chi connectivity index (χ0) is 16.9. The zero-order valence-corrected chi connectivity index (χ0v) is 14.6. The summed E-state index contributed by atoms with van der Waals surface area (Å²) in [5.74, 6) is 2.17. The molecule has 1 aliphatic carbocycles. The van der Waals surface area contributed by atoms with Gasteiger partial charge in [-0.1, -0.05) is 11.8 Å². The van der Waals surface area contributed by atoms with Gasteiger partial charge in [0, 0.05) is 11.6 Å². The van der Waals surface area contributed by atoms with E-state index in [0.29, 0.717) is 23.6 Å². The molecule has 1 amide bonds. The van der Waals surface area contributed by atoms with E-state index in [2.05, 4.69) is 22.4 Å². The minimum Gasteiger partial charge on any atom is -0.494 e. The van der Waals surface area contributed by atoms with E-state index in [0.717, 1.165) is 11.3 Å². The molecule has 7 heteroatoms. The number of nitrogens with one attached hydrogen (secondary N) is 1. The lowest BCUT2D eigenvalue weighted by molar-refractivity contribution is -0.119. The Hall–Kier alpha value is -2.02. The van der Waals surface area contributed by atoms with E-state index in [4.69, 9.17) is 9.15 Å². The van der Waals surface area contributed by atoms with Crippen LogP contribution < -0.4 is 10.1 Å². The third kappa shape index (κ3) is 4.50. The molecule has 1 aromatic heterocycles. The summed E-state index contributed by atoms with van der Waals surface area (Å²) in [5.41, 5.74) is 0.824. The number of aromatic nitrogens is 2. The van der Waals surface area contributed by atoms with Crippen LogP contribution in [0.2, 0.25) is 0 Å². The van der Waals surface area contributed by atoms with Crippen molar-refractivity contribution in [2.45, 2.75) is 38.0 Å². The number of hydrogen-bond acceptors (Lipinski definition) is 6. The van der Waals surface area contributed by atoms with E-state index in [1.807, 2.05) is 31.2 Å². The van der Waals surface area contributed by atoms with E-state index in [9.17, 15) is 4.79 Å². The largest absolute Gasteiger partial charge is 0.494 e. The van der Waals surface area contributed by atoms with E-state index in [1.54, 1.807) is 0 Å². The average Bonchev–Trinajstić information content (AvgIpc) is 3.33. The fourth-order valence-electron chi connectivity index (χ4n) is 2.38. The molecule has 1 atom stereocenters. The molecule has 0 spiro atoms. The van der Waals surface area contributed by atoms with Crippen LogP contribution in [0.4, 0.5) is 0 Å². The molecule has 3 rings (SSSR count). The van der Waals surface area contributed by atoms with Gasteiger partial charge in [-0.05, 0) is 56.9 Å². The summed E-state index contributed by atoms with van der Waals surface area (Å²) in [6.45, 7) is 4.62. The van der Waals surface area contributed by atoms with E-state index < -0.39 is 0 Å². The molecular formula is C17H21N3O3S. The maximum Gasteiger partial charge on any atom is 0.277 e. The van der Waals surface area contributed by atoms with Crippen molar-refractivity contribution in [3.63, 3.8) is 0 Å². The van der Waals surface area contributed by atoms with Crippen LogP contribution in [0.15, 0.2) is 33.9 Å². The lowest BCUT2D eigenvalue weighted by Gasteiger charge is -2.11. The number of amides is 1. The maximum atomic E-state index is 11.9. The molecule has 24 heavy (non-hydrogen) atoms. The highest BCUT2D eigenvalue weighted by Crippen LogP contribution is 2.32. The van der Waals surface area contributed by atoms with Crippen LogP contribution in [0.3, 0.4) is 0 Å². The minimum absolute atomic E-state index is 0.000201. The second-order valence-electron chi connectivity index (χ2n) is 5.81. The van der Waals surface area contributed by atoms with Crippen LogP contribution in [-0.4, -0.2) is 34.5 Å². The van der Waals surface area contributed by atoms with Gasteiger partial charge in [-0.15, -0.1) is 10.2 Å². The monoisotopic (exact) mass is 347 g/mol. The van der Waals surface area contributed by atoms with Gasteiger partial charge < -0.3 is 14.5 Å². The molecule has 1 heterocycles. The SMILES string of the molecule is CCOc1ccc(-c2nnc(SCC(=O)N[C@H](C)C3CC3)o2)cc1. The van der Waals surface area contributed by atoms with Crippen molar-refractivity contribution in [2.75, 3.05) is 12.4 Å². The van der Waals surface area contributed by atoms with E-state index >= 15 is 0 Å². The van der Waals surface area contributed by atoms with Gasteiger partial charge in [0.25, 0.3) is 5.22 Å². The predicted molar refractivity (Wildman–Crippen MR) is 92.0 cm³/mol. The quantitative estimate of drug-likeness (QED) is 0.739. The molecule has 1 fully saturated rings. The Labute approximate surface area is 145 Å². The van der Waals surface area contributed by atoms with Crippen molar-refractivity contribution in [1.82, 2.24) is 15.5 Å². The van der Waals surface area contributed by atoms with Gasteiger partial charge in [0.2, 0.25) is 11.8 Å². The summed E-state index contributed by atoms with van der Waals surface area (Å²) < 4.78 is 11.0. The molecule has 2 aromatic rings. The normalized spacial score (nSPS) is 15.1. The topological polar surface area (TPSA) is 77.2 Å². The smallest absolute Gasteiger partial charge is 0.277 e. The van der Waals surface area contributed by atoms with Crippen molar-refractivity contribution < 1.29 is 13.9 Å². The number of carbonyl (C=O) groups is 1. The Morgan fingerprint density at radius 1 is 1.38 bits per heavy atom. The molecule has 1 aliphatic rings. The number of ether oxygens (including phenoxy) is 1. The van der Waals surface area contributed by atoms with Gasteiger partial charge in [-0.3, -0.25) is 4.79 Å². The fraction of sp³-hybridized carbons (Fsp3) is 0.471. The summed E-state index contributed by atoms with van der Waals surface area (Å²) in [4.78, 5) is 11.9. The molecule has 0 radical (unpaired) electrons. The molecule has 1 aromatic carbocycles. The van der Waals surface area contributed by atoms with Gasteiger partial charge in [0.15, 0.2) is 0 Å². The summed E-state index contributed by atoms with van der Waals surface area (Å²) >= 11 is 1.25. The number of thioether (sulfide) groups is 1. The first-order chi connectivity index (χ1) is 11.7. The summed E-state index contributed by atoms with van der Waals surface area (Å²) in [5, 5.41) is 11.4. The summed E-state index contributed by atoms with van der Waals surface area (Å²) in [6.07, 6.45) is 2.42. The molecular weight excluding hydrogens is 326 g/mol. The Balaban J connectivity index is 1.52. The van der Waals surface area contributed by atoms with E-state index in [1.165, 1.54) is 24.6 Å². The van der Waals surface area contributed by atoms with Gasteiger partial charge in [0.05, 0.1) is 12.4 Å². The lowest BCUT2D eigenvalue weighted by Crippen LogP contribution is -2.35. The van der Waals surface area contributed by atoms with Gasteiger partial charge >= 0.3 is 0 Å². The standard InChI is InChI=1S/C17H21N3O3S/c1-3-22-14-8-6-13(7-9-14)16-19-20-17(23-16)24-10-15(21)18-11(2)12-4-5-12/h6-9,11-12H,3-5,10H2,1-2H3,(H,18,21)/t11-/m1/s1. The number of nitrogens with zero attached hydrogens (tertiary/aromatic N) is 2. The van der Waals surface area contributed by atoms with E-state index in [-0.39, 0.29) is 17.7 Å². The molecule has 0 saturated heterocycles. The van der Waals surface area contributed by atoms with Crippen LogP contribution in [0.25, 0.3) is 11.5 Å². The highest BCUT2D eigenvalue weighted by atomic mass is 32.2. The minimum atomic E-state index is 0.000201. The molecule has 0 bridgehead atoms. The summed E-state index contributed by atoms with van der Waals surface area (Å²) in [6, 6.07) is 7.72. The van der Waals surface area contributed by atoms with Crippen LogP contribution in [-0.2, 0) is 4.79 Å². The molecule has 0 aliphatic heterocycles. The van der Waals surface area contributed by atoms with Crippen molar-refractivity contribution in [2.24, 2.45) is 5.92 Å². The number of carbonyl (C=O) groups excluding carboxylic acids is 1. The van der Waals surface area contributed by atoms with Crippen LogP contribution in [0.5, 0.6) is 5.75 Å². The Bertz CT molecular complexity index is 683. The van der Waals surface area contributed by atoms with Gasteiger partial charge in [-0.25, -0.2) is 0 Å². The van der Waals surface area contributed by atoms with Crippen LogP contribution >= 0.6 is 11.8 Å². The molecule has 1 saturated carbocycles. The third-order valence-electron chi connectivity index (χ3n) is 3.86. The molecule has 128 valence electrons. The van der Waals surface area contributed by atoms with Crippen LogP contribution in [0.1, 0.15) is 26.7 Å². The average molecular weight is 347 g/mol. The van der Waals surface area contributed by atoms with Crippen molar-refractivity contribution in [1.29, 1.82) is 0 Å². The molecule has 6 nitrogen and oxygen atoms in total.